The highest BCUT2D eigenvalue weighted by atomic mass is 16.6. The fraction of sp³-hybridized carbons (Fsp3) is 1.00. The van der Waals surface area contributed by atoms with Gasteiger partial charge in [-0.3, -0.25) is 0 Å². The number of nitrogens with zero attached hydrogens (tertiary/aromatic N) is 2. The standard InChI is InChI=1S/C15H32N2O5/c1-3-15(2,20)11-9-7-5-4-6-8-10-14(19)13(12-18)17(22)16-21/h13-14,18-21H,3-12H2,1-2H3/b17-16-. The third-order valence-electron chi connectivity index (χ3n) is 4.23. The van der Waals surface area contributed by atoms with Crippen molar-refractivity contribution in [3.63, 3.8) is 0 Å². The van der Waals surface area contributed by atoms with Crippen LogP contribution in [-0.2, 0) is 0 Å². The highest BCUT2D eigenvalue weighted by Crippen LogP contribution is 2.19. The molecule has 0 aliphatic carbocycles. The van der Waals surface area contributed by atoms with Crippen LogP contribution in [0.25, 0.3) is 0 Å². The van der Waals surface area contributed by atoms with Crippen molar-refractivity contribution in [2.24, 2.45) is 5.28 Å². The SMILES string of the molecule is CCC(C)(O)CCCCCCCCC(O)C(CO)/[N+]([O-])=N/O. The van der Waals surface area contributed by atoms with Crippen LogP contribution in [0.2, 0.25) is 0 Å². The lowest BCUT2D eigenvalue weighted by Gasteiger charge is -2.20. The van der Waals surface area contributed by atoms with Gasteiger partial charge < -0.3 is 25.7 Å². The molecule has 0 aromatic rings. The number of hydrogen-bond acceptors (Lipinski definition) is 5. The van der Waals surface area contributed by atoms with E-state index in [1.165, 1.54) is 0 Å². The number of rotatable bonds is 13. The molecule has 0 amide bonds. The normalized spacial score (nSPS) is 18.0. The van der Waals surface area contributed by atoms with E-state index >= 15 is 0 Å². The monoisotopic (exact) mass is 320 g/mol. The van der Waals surface area contributed by atoms with Gasteiger partial charge in [-0.25, -0.2) is 0 Å². The molecular weight excluding hydrogens is 288 g/mol. The summed E-state index contributed by atoms with van der Waals surface area (Å²) in [7, 11) is 0. The molecule has 0 rings (SSSR count). The minimum Gasteiger partial charge on any atom is -0.597 e. The van der Waals surface area contributed by atoms with E-state index < -0.39 is 24.4 Å². The summed E-state index contributed by atoms with van der Waals surface area (Å²) in [5.74, 6) is 0. The lowest BCUT2D eigenvalue weighted by molar-refractivity contribution is -0.603. The number of hydroxylamine groups is 1. The first-order chi connectivity index (χ1) is 10.4. The van der Waals surface area contributed by atoms with Crippen molar-refractivity contribution >= 4 is 0 Å². The zero-order chi connectivity index (χ0) is 17.0. The topological polar surface area (TPSA) is 119 Å². The van der Waals surface area contributed by atoms with E-state index in [9.17, 15) is 15.4 Å². The first-order valence-corrected chi connectivity index (χ1v) is 8.20. The van der Waals surface area contributed by atoms with Crippen molar-refractivity contribution in [1.82, 2.24) is 0 Å². The molecule has 3 atom stereocenters. The van der Waals surface area contributed by atoms with Gasteiger partial charge in [-0.1, -0.05) is 45.4 Å². The molecule has 22 heavy (non-hydrogen) atoms. The largest absolute Gasteiger partial charge is 0.597 e. The number of aliphatic hydroxyl groups excluding tert-OH is 2. The Morgan fingerprint density at radius 1 is 1.14 bits per heavy atom. The summed E-state index contributed by atoms with van der Waals surface area (Å²) in [5.41, 5.74) is -0.550. The van der Waals surface area contributed by atoms with Crippen molar-refractivity contribution in [3.05, 3.63) is 5.21 Å². The lowest BCUT2D eigenvalue weighted by atomic mass is 9.95. The Morgan fingerprint density at radius 2 is 1.68 bits per heavy atom. The van der Waals surface area contributed by atoms with Crippen LogP contribution in [-0.4, -0.2) is 49.7 Å². The molecule has 132 valence electrons. The maximum Gasteiger partial charge on any atom is 0.241 e. The maximum absolute atomic E-state index is 11.1. The van der Waals surface area contributed by atoms with Gasteiger partial charge in [0.25, 0.3) is 0 Å². The lowest BCUT2D eigenvalue weighted by Crippen LogP contribution is -2.37. The minimum atomic E-state index is -1.11. The van der Waals surface area contributed by atoms with Crippen molar-refractivity contribution in [3.8, 4) is 0 Å². The molecule has 3 unspecified atom stereocenters. The highest BCUT2D eigenvalue weighted by molar-refractivity contribution is 4.69. The molecule has 0 aliphatic heterocycles. The van der Waals surface area contributed by atoms with Gasteiger partial charge in [0.15, 0.2) is 5.28 Å². The molecule has 0 aliphatic rings. The molecule has 7 heteroatoms. The van der Waals surface area contributed by atoms with Crippen LogP contribution in [0, 0.1) is 5.21 Å². The highest BCUT2D eigenvalue weighted by Gasteiger charge is 2.27. The summed E-state index contributed by atoms with van der Waals surface area (Å²) in [6.07, 6.45) is 6.89. The van der Waals surface area contributed by atoms with Crippen LogP contribution in [0.1, 0.15) is 71.6 Å². The van der Waals surface area contributed by atoms with Crippen LogP contribution >= 0.6 is 0 Å². The second-order valence-electron chi connectivity index (χ2n) is 6.22. The molecule has 0 heterocycles. The second-order valence-corrected chi connectivity index (χ2v) is 6.22. The number of hydrogen-bond donors (Lipinski definition) is 4. The third-order valence-corrected chi connectivity index (χ3v) is 4.23. The van der Waals surface area contributed by atoms with E-state index in [1.54, 1.807) is 0 Å². The third kappa shape index (κ3) is 9.17. The fourth-order valence-electron chi connectivity index (χ4n) is 2.34. The van der Waals surface area contributed by atoms with Gasteiger partial charge in [-0.2, -0.15) is 0 Å². The second kappa shape index (κ2) is 11.6. The summed E-state index contributed by atoms with van der Waals surface area (Å²) in [4.78, 5) is -0.0652. The van der Waals surface area contributed by atoms with E-state index in [0.717, 1.165) is 51.4 Å². The van der Waals surface area contributed by atoms with Crippen LogP contribution < -0.4 is 0 Å². The Kier molecular flexibility index (Phi) is 11.1. The van der Waals surface area contributed by atoms with Gasteiger partial charge >= 0.3 is 0 Å². The molecule has 0 fully saturated rings. The van der Waals surface area contributed by atoms with Gasteiger partial charge in [0.1, 0.15) is 12.7 Å². The first-order valence-electron chi connectivity index (χ1n) is 8.20. The molecule has 7 nitrogen and oxygen atoms in total. The van der Waals surface area contributed by atoms with Crippen molar-refractivity contribution in [2.75, 3.05) is 6.61 Å². The molecule has 0 aromatic heterocycles. The Labute approximate surface area is 132 Å². The summed E-state index contributed by atoms with van der Waals surface area (Å²) in [5, 5.41) is 50.5. The summed E-state index contributed by atoms with van der Waals surface area (Å²) in [6, 6.07) is -1.11. The summed E-state index contributed by atoms with van der Waals surface area (Å²) >= 11 is 0. The fourth-order valence-corrected chi connectivity index (χ4v) is 2.34. The molecule has 0 aromatic carbocycles. The first kappa shape index (κ1) is 21.1. The van der Waals surface area contributed by atoms with Crippen LogP contribution in [0.15, 0.2) is 5.28 Å². The molecule has 0 saturated heterocycles. The number of unbranched alkanes of at least 4 members (excludes halogenated alkanes) is 5. The molecule has 0 bridgehead atoms. The Balaban J connectivity index is 3.65. The minimum absolute atomic E-state index is 0.0652. The van der Waals surface area contributed by atoms with E-state index in [2.05, 4.69) is 5.28 Å². The van der Waals surface area contributed by atoms with Crippen LogP contribution in [0.5, 0.6) is 0 Å². The molecular formula is C15H32N2O5. The Morgan fingerprint density at radius 3 is 2.18 bits per heavy atom. The van der Waals surface area contributed by atoms with Crippen molar-refractivity contribution < 1.29 is 25.4 Å². The quantitative estimate of drug-likeness (QED) is 0.180. The smallest absolute Gasteiger partial charge is 0.241 e. The van der Waals surface area contributed by atoms with E-state index in [4.69, 9.17) is 10.3 Å². The maximum atomic E-state index is 11.1. The van der Waals surface area contributed by atoms with Gasteiger partial charge in [0.2, 0.25) is 6.04 Å². The van der Waals surface area contributed by atoms with Crippen LogP contribution in [0.3, 0.4) is 0 Å². The van der Waals surface area contributed by atoms with Gasteiger partial charge in [0.05, 0.1) is 5.60 Å². The molecule has 0 saturated carbocycles. The van der Waals surface area contributed by atoms with E-state index in [1.807, 2.05) is 13.8 Å². The summed E-state index contributed by atoms with van der Waals surface area (Å²) in [6.45, 7) is 3.30. The van der Waals surface area contributed by atoms with Gasteiger partial charge in [-0.15, -0.1) is 0 Å². The zero-order valence-corrected chi connectivity index (χ0v) is 13.8. The van der Waals surface area contributed by atoms with Crippen LogP contribution in [0.4, 0.5) is 0 Å². The molecule has 0 spiro atoms. The van der Waals surface area contributed by atoms with Gasteiger partial charge in [0, 0.05) is 0 Å². The summed E-state index contributed by atoms with van der Waals surface area (Å²) < 4.78 is 0. The molecule has 0 radical (unpaired) electrons. The predicted octanol–water partition coefficient (Wildman–Crippen LogP) is 2.34. The Hall–Kier alpha value is -0.920. The number of aliphatic hydroxyl groups is 3. The average molecular weight is 320 g/mol. The van der Waals surface area contributed by atoms with E-state index in [0.29, 0.717) is 6.42 Å². The zero-order valence-electron chi connectivity index (χ0n) is 13.8. The van der Waals surface area contributed by atoms with Crippen molar-refractivity contribution in [1.29, 1.82) is 0 Å². The predicted molar refractivity (Wildman–Crippen MR) is 82.6 cm³/mol. The van der Waals surface area contributed by atoms with E-state index in [-0.39, 0.29) is 4.86 Å². The van der Waals surface area contributed by atoms with Gasteiger partial charge in [-0.05, 0) is 31.0 Å². The Bertz CT molecular complexity index is 310. The average Bonchev–Trinajstić information content (AvgIpc) is 2.50. The molecule has 4 N–H and O–H groups in total. The van der Waals surface area contributed by atoms with Crippen molar-refractivity contribution in [2.45, 2.75) is 89.4 Å².